The van der Waals surface area contributed by atoms with E-state index >= 15 is 0 Å². The van der Waals surface area contributed by atoms with Gasteiger partial charge in [0, 0.05) is 0 Å². The van der Waals surface area contributed by atoms with E-state index in [0.717, 1.165) is 10.9 Å². The molecule has 0 radical (unpaired) electrons. The average Bonchev–Trinajstić information content (AvgIpc) is 2.95. The minimum atomic E-state index is -3.07. The fourth-order valence-electron chi connectivity index (χ4n) is 2.18. The topological polar surface area (TPSA) is 119 Å². The van der Waals surface area contributed by atoms with E-state index in [0.29, 0.717) is 0 Å². The van der Waals surface area contributed by atoms with Crippen molar-refractivity contribution in [1.29, 1.82) is 0 Å². The maximum atomic E-state index is 13.9. The van der Waals surface area contributed by atoms with Gasteiger partial charge in [-0.2, -0.15) is 14.4 Å². The van der Waals surface area contributed by atoms with Gasteiger partial charge in [0.2, 0.25) is 0 Å². The Bertz CT molecular complexity index is 698. The summed E-state index contributed by atoms with van der Waals surface area (Å²) in [6, 6.07) is 0. The average molecular weight is 305 g/mol. The van der Waals surface area contributed by atoms with E-state index in [4.69, 9.17) is 15.6 Å². The van der Waals surface area contributed by atoms with Gasteiger partial charge in [-0.05, 0) is 0 Å². The third kappa shape index (κ3) is 1.92. The lowest BCUT2D eigenvalue weighted by atomic mass is 10.1. The van der Waals surface area contributed by atoms with E-state index in [1.807, 2.05) is 0 Å². The Kier molecular flexibility index (Phi) is 3.00. The molecule has 0 unspecified atom stereocenters. The predicted molar refractivity (Wildman–Crippen MR) is 61.6 cm³/mol. The lowest BCUT2D eigenvalue weighted by Crippen LogP contribution is -2.39. The van der Waals surface area contributed by atoms with Crippen LogP contribution in [0.5, 0.6) is 0 Å². The molecule has 1 saturated heterocycles. The van der Waals surface area contributed by atoms with Crippen molar-refractivity contribution in [1.82, 2.24) is 19.5 Å². The molecule has 1 aliphatic heterocycles. The Hall–Kier alpha value is -1.98. The molecule has 2 aromatic heterocycles. The van der Waals surface area contributed by atoms with Crippen LogP contribution in [0.2, 0.25) is 0 Å². The zero-order chi connectivity index (χ0) is 15.4. The summed E-state index contributed by atoms with van der Waals surface area (Å²) in [5, 5.41) is 18.6. The second-order valence-electron chi connectivity index (χ2n) is 4.55. The second kappa shape index (κ2) is 4.51. The molecule has 21 heavy (non-hydrogen) atoms. The van der Waals surface area contributed by atoms with E-state index in [1.165, 1.54) is 0 Å². The minimum Gasteiger partial charge on any atom is -0.390 e. The zero-order valence-corrected chi connectivity index (χ0v) is 10.3. The number of nitrogen functional groups attached to an aromatic ring is 1. The zero-order valence-electron chi connectivity index (χ0n) is 10.3. The maximum Gasteiger partial charge on any atom is 0.312 e. The van der Waals surface area contributed by atoms with Gasteiger partial charge in [0.15, 0.2) is 29.4 Å². The van der Waals surface area contributed by atoms with Crippen molar-refractivity contribution < 1.29 is 28.1 Å². The van der Waals surface area contributed by atoms with E-state index in [-0.39, 0.29) is 17.0 Å². The number of nitrogens with zero attached hydrogens (tertiary/aromatic N) is 4. The molecule has 3 rings (SSSR count). The number of ether oxygens (including phenoxy) is 1. The van der Waals surface area contributed by atoms with E-state index < -0.39 is 37.0 Å². The Balaban J connectivity index is 2.10. The standard InChI is InChI=1S/C10H10F3N5O3/c11-5-4(20)8(21-10(5,13)1-19)18-2-15-3-6(14)16-9(12)17-7(3)18/h2,4-5,8,19-20H,1H2,(H2,14,16,17)/t4-,5+,8-,10-/m1/s1. The molecule has 0 amide bonds. The fraction of sp³-hybridized carbons (Fsp3) is 0.500. The van der Waals surface area contributed by atoms with Crippen LogP contribution >= 0.6 is 0 Å². The van der Waals surface area contributed by atoms with Gasteiger partial charge in [0.25, 0.3) is 5.85 Å². The molecule has 0 aliphatic carbocycles. The summed E-state index contributed by atoms with van der Waals surface area (Å²) < 4.78 is 46.4. The molecule has 3 heterocycles. The molecule has 0 saturated carbocycles. The van der Waals surface area contributed by atoms with Gasteiger partial charge in [0.05, 0.1) is 6.33 Å². The normalized spacial score (nSPS) is 32.9. The third-order valence-corrected chi connectivity index (χ3v) is 3.23. The minimum absolute atomic E-state index is 0.0111. The molecular weight excluding hydrogens is 295 g/mol. The molecule has 4 N–H and O–H groups in total. The van der Waals surface area contributed by atoms with Crippen molar-refractivity contribution in [2.24, 2.45) is 0 Å². The first kappa shape index (κ1) is 14.0. The van der Waals surface area contributed by atoms with Crippen molar-refractivity contribution in [3.8, 4) is 0 Å². The lowest BCUT2D eigenvalue weighted by molar-refractivity contribution is -0.195. The summed E-state index contributed by atoms with van der Waals surface area (Å²) in [6.07, 6.45) is -6.16. The SMILES string of the molecule is Nc1nc(F)nc2c1ncn2[C@@H]1O[C@](F)(CO)[C@@H](F)[C@H]1O. The highest BCUT2D eigenvalue weighted by Crippen LogP contribution is 2.40. The summed E-state index contributed by atoms with van der Waals surface area (Å²) in [4.78, 5) is 10.5. The maximum absolute atomic E-state index is 13.9. The van der Waals surface area contributed by atoms with Crippen LogP contribution in [0.25, 0.3) is 11.2 Å². The van der Waals surface area contributed by atoms with E-state index in [1.54, 1.807) is 0 Å². The van der Waals surface area contributed by atoms with Gasteiger partial charge < -0.3 is 20.7 Å². The van der Waals surface area contributed by atoms with Gasteiger partial charge in [-0.3, -0.25) is 4.57 Å². The fourth-order valence-corrected chi connectivity index (χ4v) is 2.18. The molecule has 2 aromatic rings. The smallest absolute Gasteiger partial charge is 0.312 e. The number of aliphatic hydroxyl groups is 2. The summed E-state index contributed by atoms with van der Waals surface area (Å²) in [7, 11) is 0. The Morgan fingerprint density at radius 2 is 2.19 bits per heavy atom. The number of aromatic nitrogens is 4. The number of nitrogens with two attached hydrogens (primary N) is 1. The monoisotopic (exact) mass is 305 g/mol. The number of halogens is 3. The van der Waals surface area contributed by atoms with Crippen LogP contribution in [-0.2, 0) is 4.74 Å². The van der Waals surface area contributed by atoms with Crippen LogP contribution in [0.1, 0.15) is 6.23 Å². The highest BCUT2D eigenvalue weighted by molar-refractivity contribution is 5.81. The molecule has 0 bridgehead atoms. The van der Waals surface area contributed by atoms with E-state index in [2.05, 4.69) is 15.0 Å². The van der Waals surface area contributed by atoms with E-state index in [9.17, 15) is 18.3 Å². The van der Waals surface area contributed by atoms with Crippen LogP contribution in [0.3, 0.4) is 0 Å². The van der Waals surface area contributed by atoms with Crippen molar-refractivity contribution in [2.75, 3.05) is 12.3 Å². The molecule has 4 atom stereocenters. The van der Waals surface area contributed by atoms with Crippen molar-refractivity contribution >= 4 is 17.0 Å². The van der Waals surface area contributed by atoms with Crippen LogP contribution < -0.4 is 5.73 Å². The molecule has 0 aromatic carbocycles. The number of alkyl halides is 2. The molecular formula is C10H10F3N5O3. The quantitative estimate of drug-likeness (QED) is 0.636. The number of rotatable bonds is 2. The summed E-state index contributed by atoms with van der Waals surface area (Å²) in [5.74, 6) is -3.34. The number of imidazole rings is 1. The number of hydrogen-bond acceptors (Lipinski definition) is 7. The van der Waals surface area contributed by atoms with Gasteiger partial charge in [0.1, 0.15) is 12.7 Å². The number of hydrogen-bond donors (Lipinski definition) is 3. The van der Waals surface area contributed by atoms with Crippen molar-refractivity contribution in [3.05, 3.63) is 12.4 Å². The van der Waals surface area contributed by atoms with Gasteiger partial charge in [-0.15, -0.1) is 0 Å². The Morgan fingerprint density at radius 1 is 1.48 bits per heavy atom. The van der Waals surface area contributed by atoms with Crippen LogP contribution in [-0.4, -0.2) is 54.5 Å². The molecule has 1 fully saturated rings. The highest BCUT2D eigenvalue weighted by atomic mass is 19.2. The molecule has 1 aliphatic rings. The Labute approximate surface area is 115 Å². The predicted octanol–water partition coefficient (Wildman–Crippen LogP) is -0.567. The molecule has 114 valence electrons. The van der Waals surface area contributed by atoms with Gasteiger partial charge in [-0.1, -0.05) is 0 Å². The molecule has 8 nitrogen and oxygen atoms in total. The Morgan fingerprint density at radius 3 is 2.81 bits per heavy atom. The van der Waals surface area contributed by atoms with Gasteiger partial charge >= 0.3 is 6.08 Å². The van der Waals surface area contributed by atoms with Crippen molar-refractivity contribution in [3.63, 3.8) is 0 Å². The lowest BCUT2D eigenvalue weighted by Gasteiger charge is -2.18. The third-order valence-electron chi connectivity index (χ3n) is 3.23. The largest absolute Gasteiger partial charge is 0.390 e. The van der Waals surface area contributed by atoms with Gasteiger partial charge in [-0.25, -0.2) is 13.8 Å². The summed E-state index contributed by atoms with van der Waals surface area (Å²) in [5.41, 5.74) is 5.25. The summed E-state index contributed by atoms with van der Waals surface area (Å²) in [6.45, 7) is -1.29. The first-order chi connectivity index (χ1) is 9.87. The number of anilines is 1. The number of aliphatic hydroxyl groups excluding tert-OH is 2. The highest BCUT2D eigenvalue weighted by Gasteiger charge is 2.57. The van der Waals surface area contributed by atoms with Crippen molar-refractivity contribution in [2.45, 2.75) is 24.4 Å². The molecule has 11 heteroatoms. The first-order valence-corrected chi connectivity index (χ1v) is 5.82. The summed E-state index contributed by atoms with van der Waals surface area (Å²) >= 11 is 0. The second-order valence-corrected chi connectivity index (χ2v) is 4.55. The van der Waals surface area contributed by atoms with Crippen LogP contribution in [0, 0.1) is 6.08 Å². The van der Waals surface area contributed by atoms with Crippen LogP contribution in [0.4, 0.5) is 19.0 Å². The number of fused-ring (bicyclic) bond motifs is 1. The first-order valence-electron chi connectivity index (χ1n) is 5.82. The molecule has 0 spiro atoms. The van der Waals surface area contributed by atoms with Crippen LogP contribution in [0.15, 0.2) is 6.33 Å².